The van der Waals surface area contributed by atoms with Crippen LogP contribution < -0.4 is 10.6 Å². The van der Waals surface area contributed by atoms with Crippen molar-refractivity contribution >= 4 is 5.91 Å². The third-order valence-corrected chi connectivity index (χ3v) is 3.98. The van der Waals surface area contributed by atoms with Crippen LogP contribution >= 0.6 is 0 Å². The SMILES string of the molecule is O=C(CN1C[C@@H]2CCCN[C@@H]2C1)NC1CC1. The number of likely N-dealkylation sites (tertiary alicyclic amines) is 1. The first kappa shape index (κ1) is 10.5. The van der Waals surface area contributed by atoms with Crippen molar-refractivity contribution in [1.82, 2.24) is 15.5 Å². The van der Waals surface area contributed by atoms with Crippen molar-refractivity contribution < 1.29 is 4.79 Å². The minimum atomic E-state index is 0.223. The smallest absolute Gasteiger partial charge is 0.234 e. The molecule has 4 heteroatoms. The number of amides is 1. The molecule has 0 spiro atoms. The van der Waals surface area contributed by atoms with Gasteiger partial charge in [0.2, 0.25) is 5.91 Å². The van der Waals surface area contributed by atoms with Gasteiger partial charge in [-0.3, -0.25) is 9.69 Å². The first-order valence-electron chi connectivity index (χ1n) is 6.56. The minimum absolute atomic E-state index is 0.223. The fourth-order valence-corrected chi connectivity index (χ4v) is 2.97. The van der Waals surface area contributed by atoms with Crippen molar-refractivity contribution in [3.05, 3.63) is 0 Å². The van der Waals surface area contributed by atoms with Crippen LogP contribution in [-0.4, -0.2) is 49.1 Å². The van der Waals surface area contributed by atoms with E-state index < -0.39 is 0 Å². The largest absolute Gasteiger partial charge is 0.352 e. The van der Waals surface area contributed by atoms with Gasteiger partial charge in [0.1, 0.15) is 0 Å². The summed E-state index contributed by atoms with van der Waals surface area (Å²) in [6.07, 6.45) is 4.98. The summed E-state index contributed by atoms with van der Waals surface area (Å²) in [5, 5.41) is 6.63. The lowest BCUT2D eigenvalue weighted by Crippen LogP contribution is -2.41. The van der Waals surface area contributed by atoms with E-state index in [-0.39, 0.29) is 5.91 Å². The number of carbonyl (C=O) groups excluding carboxylic acids is 1. The normalized spacial score (nSPS) is 34.8. The van der Waals surface area contributed by atoms with Gasteiger partial charge in [-0.05, 0) is 38.1 Å². The molecule has 1 saturated carbocycles. The monoisotopic (exact) mass is 223 g/mol. The van der Waals surface area contributed by atoms with Crippen molar-refractivity contribution in [2.45, 2.75) is 37.8 Å². The predicted molar refractivity (Wildman–Crippen MR) is 62.1 cm³/mol. The Balaban J connectivity index is 1.46. The highest BCUT2D eigenvalue weighted by Gasteiger charge is 2.35. The molecule has 2 aliphatic heterocycles. The molecule has 3 aliphatic rings. The number of hydrogen-bond acceptors (Lipinski definition) is 3. The van der Waals surface area contributed by atoms with Crippen LogP contribution in [0.2, 0.25) is 0 Å². The number of hydrogen-bond donors (Lipinski definition) is 2. The van der Waals surface area contributed by atoms with Gasteiger partial charge < -0.3 is 10.6 Å². The summed E-state index contributed by atoms with van der Waals surface area (Å²) in [7, 11) is 0. The molecule has 0 unspecified atom stereocenters. The van der Waals surface area contributed by atoms with Gasteiger partial charge in [-0.15, -0.1) is 0 Å². The zero-order valence-corrected chi connectivity index (χ0v) is 9.74. The number of fused-ring (bicyclic) bond motifs is 1. The molecule has 0 aromatic rings. The maximum absolute atomic E-state index is 11.7. The molecule has 4 nitrogen and oxygen atoms in total. The fourth-order valence-electron chi connectivity index (χ4n) is 2.97. The molecule has 2 atom stereocenters. The van der Waals surface area contributed by atoms with Crippen LogP contribution in [-0.2, 0) is 4.79 Å². The van der Waals surface area contributed by atoms with Crippen LogP contribution in [0.4, 0.5) is 0 Å². The molecule has 3 rings (SSSR count). The molecule has 1 amide bonds. The zero-order valence-electron chi connectivity index (χ0n) is 9.74. The van der Waals surface area contributed by atoms with Crippen molar-refractivity contribution in [2.75, 3.05) is 26.2 Å². The molecule has 2 N–H and O–H groups in total. The zero-order chi connectivity index (χ0) is 11.0. The Labute approximate surface area is 96.8 Å². The summed E-state index contributed by atoms with van der Waals surface area (Å²) in [6.45, 7) is 3.92. The lowest BCUT2D eigenvalue weighted by atomic mass is 9.94. The minimum Gasteiger partial charge on any atom is -0.352 e. The van der Waals surface area contributed by atoms with E-state index in [1.807, 2.05) is 0 Å². The summed E-state index contributed by atoms with van der Waals surface area (Å²) >= 11 is 0. The summed E-state index contributed by atoms with van der Waals surface area (Å²) in [5.41, 5.74) is 0. The molecule has 0 radical (unpaired) electrons. The molecule has 2 heterocycles. The topological polar surface area (TPSA) is 44.4 Å². The lowest BCUT2D eigenvalue weighted by Gasteiger charge is -2.24. The maximum atomic E-state index is 11.7. The number of piperidine rings is 1. The van der Waals surface area contributed by atoms with Gasteiger partial charge in [0.25, 0.3) is 0 Å². The summed E-state index contributed by atoms with van der Waals surface area (Å²) in [5.74, 6) is 1.00. The second kappa shape index (κ2) is 4.34. The summed E-state index contributed by atoms with van der Waals surface area (Å²) in [6, 6.07) is 1.14. The van der Waals surface area contributed by atoms with Gasteiger partial charge in [-0.25, -0.2) is 0 Å². The first-order chi connectivity index (χ1) is 7.81. The first-order valence-corrected chi connectivity index (χ1v) is 6.56. The molecule has 0 aromatic heterocycles. The second-order valence-electron chi connectivity index (χ2n) is 5.50. The van der Waals surface area contributed by atoms with E-state index in [0.717, 1.165) is 25.6 Å². The molecule has 90 valence electrons. The van der Waals surface area contributed by atoms with Crippen LogP contribution in [0.1, 0.15) is 25.7 Å². The van der Waals surface area contributed by atoms with Crippen LogP contribution in [0.15, 0.2) is 0 Å². The van der Waals surface area contributed by atoms with Crippen LogP contribution in [0.3, 0.4) is 0 Å². The highest BCUT2D eigenvalue weighted by Crippen LogP contribution is 2.24. The summed E-state index contributed by atoms with van der Waals surface area (Å²) < 4.78 is 0. The fraction of sp³-hybridized carbons (Fsp3) is 0.917. The molecule has 1 aliphatic carbocycles. The van der Waals surface area contributed by atoms with Crippen LogP contribution in [0.25, 0.3) is 0 Å². The van der Waals surface area contributed by atoms with Crippen molar-refractivity contribution in [3.8, 4) is 0 Å². The van der Waals surface area contributed by atoms with E-state index in [9.17, 15) is 4.79 Å². The third-order valence-electron chi connectivity index (χ3n) is 3.98. The standard InChI is InChI=1S/C12H21N3O/c16-12(14-10-3-4-10)8-15-6-9-2-1-5-13-11(9)7-15/h9-11,13H,1-8H2,(H,14,16)/t9-,11+/m0/s1. The molecular formula is C12H21N3O. The molecule has 0 bridgehead atoms. The van der Waals surface area contributed by atoms with E-state index in [2.05, 4.69) is 15.5 Å². The van der Waals surface area contributed by atoms with E-state index in [1.54, 1.807) is 0 Å². The van der Waals surface area contributed by atoms with Gasteiger partial charge >= 0.3 is 0 Å². The number of nitrogens with one attached hydrogen (secondary N) is 2. The Kier molecular flexibility index (Phi) is 2.86. The Morgan fingerprint density at radius 2 is 2.19 bits per heavy atom. The van der Waals surface area contributed by atoms with Gasteiger partial charge in [0.05, 0.1) is 6.54 Å². The van der Waals surface area contributed by atoms with E-state index in [4.69, 9.17) is 0 Å². The van der Waals surface area contributed by atoms with E-state index >= 15 is 0 Å². The number of carbonyl (C=O) groups is 1. The Morgan fingerprint density at radius 1 is 1.31 bits per heavy atom. The highest BCUT2D eigenvalue weighted by atomic mass is 16.2. The molecule has 3 fully saturated rings. The lowest BCUT2D eigenvalue weighted by molar-refractivity contribution is -0.122. The van der Waals surface area contributed by atoms with Crippen LogP contribution in [0.5, 0.6) is 0 Å². The molecule has 0 aromatic carbocycles. The van der Waals surface area contributed by atoms with Gasteiger partial charge in [0.15, 0.2) is 0 Å². The number of nitrogens with zero attached hydrogens (tertiary/aromatic N) is 1. The second-order valence-corrected chi connectivity index (χ2v) is 5.50. The Hall–Kier alpha value is -0.610. The Bertz CT molecular complexity index is 263. The van der Waals surface area contributed by atoms with Crippen molar-refractivity contribution in [2.24, 2.45) is 5.92 Å². The predicted octanol–water partition coefficient (Wildman–Crippen LogP) is -0.0512. The van der Waals surface area contributed by atoms with E-state index in [1.165, 1.54) is 25.7 Å². The molecule has 2 saturated heterocycles. The van der Waals surface area contributed by atoms with Crippen LogP contribution in [0, 0.1) is 5.92 Å². The summed E-state index contributed by atoms with van der Waals surface area (Å²) in [4.78, 5) is 14.0. The Morgan fingerprint density at radius 3 is 2.94 bits per heavy atom. The van der Waals surface area contributed by atoms with Crippen molar-refractivity contribution in [1.29, 1.82) is 0 Å². The van der Waals surface area contributed by atoms with E-state index in [0.29, 0.717) is 18.6 Å². The average molecular weight is 223 g/mol. The van der Waals surface area contributed by atoms with Gasteiger partial charge in [-0.2, -0.15) is 0 Å². The third kappa shape index (κ3) is 2.38. The van der Waals surface area contributed by atoms with Gasteiger partial charge in [0, 0.05) is 25.2 Å². The maximum Gasteiger partial charge on any atom is 0.234 e. The molecule has 16 heavy (non-hydrogen) atoms. The van der Waals surface area contributed by atoms with Gasteiger partial charge in [-0.1, -0.05) is 0 Å². The quantitative estimate of drug-likeness (QED) is 0.705. The average Bonchev–Trinajstić information content (AvgIpc) is 2.97. The highest BCUT2D eigenvalue weighted by molar-refractivity contribution is 5.78. The molecular weight excluding hydrogens is 202 g/mol. The number of rotatable bonds is 3. The van der Waals surface area contributed by atoms with Crippen molar-refractivity contribution in [3.63, 3.8) is 0 Å².